The molecule has 0 aliphatic rings. The lowest BCUT2D eigenvalue weighted by Crippen LogP contribution is -2.43. The number of hydrogen-bond acceptors (Lipinski definition) is 4. The highest BCUT2D eigenvalue weighted by atomic mass is 32.2. The lowest BCUT2D eigenvalue weighted by atomic mass is 10.3. The van der Waals surface area contributed by atoms with E-state index in [0.29, 0.717) is 18.0 Å². The number of carbonyl (C=O) groups is 1. The minimum atomic E-state index is -3.44. The van der Waals surface area contributed by atoms with Crippen LogP contribution < -0.4 is 19.7 Å². The maximum absolute atomic E-state index is 12.0. The van der Waals surface area contributed by atoms with Crippen LogP contribution in [0.15, 0.2) is 24.3 Å². The van der Waals surface area contributed by atoms with Crippen LogP contribution in [0.2, 0.25) is 0 Å². The van der Waals surface area contributed by atoms with Gasteiger partial charge in [-0.3, -0.25) is 4.31 Å². The van der Waals surface area contributed by atoms with Gasteiger partial charge in [-0.2, -0.15) is 0 Å². The van der Waals surface area contributed by atoms with Crippen LogP contribution in [-0.2, 0) is 10.0 Å². The summed E-state index contributed by atoms with van der Waals surface area (Å²) in [5.41, 5.74) is 0.530. The Morgan fingerprint density at radius 3 is 2.35 bits per heavy atom. The van der Waals surface area contributed by atoms with E-state index in [1.165, 1.54) is 4.31 Å². The van der Waals surface area contributed by atoms with E-state index < -0.39 is 10.0 Å². The average Bonchev–Trinajstić information content (AvgIpc) is 2.43. The molecule has 130 valence electrons. The third-order valence-corrected chi connectivity index (χ3v) is 4.05. The van der Waals surface area contributed by atoms with E-state index in [4.69, 9.17) is 4.74 Å². The van der Waals surface area contributed by atoms with Gasteiger partial charge in [0.1, 0.15) is 5.75 Å². The molecule has 0 spiro atoms. The Labute approximate surface area is 138 Å². The van der Waals surface area contributed by atoms with Crippen LogP contribution in [0.3, 0.4) is 0 Å². The molecule has 2 N–H and O–H groups in total. The smallest absolute Gasteiger partial charge is 0.315 e. The lowest BCUT2D eigenvalue weighted by molar-refractivity contribution is 0.239. The van der Waals surface area contributed by atoms with Crippen LogP contribution in [0.1, 0.15) is 20.8 Å². The van der Waals surface area contributed by atoms with E-state index >= 15 is 0 Å². The van der Waals surface area contributed by atoms with Crippen molar-refractivity contribution in [1.82, 2.24) is 10.6 Å². The normalized spacial score (nSPS) is 11.2. The molecule has 1 aromatic rings. The fourth-order valence-electron chi connectivity index (χ4n) is 1.95. The van der Waals surface area contributed by atoms with Crippen molar-refractivity contribution in [2.45, 2.75) is 26.8 Å². The Morgan fingerprint density at radius 2 is 1.87 bits per heavy atom. The Morgan fingerprint density at radius 1 is 1.26 bits per heavy atom. The van der Waals surface area contributed by atoms with Gasteiger partial charge in [-0.15, -0.1) is 0 Å². The first kappa shape index (κ1) is 19.1. The Bertz CT molecular complexity index is 600. The molecule has 0 aromatic heterocycles. The van der Waals surface area contributed by atoms with Gasteiger partial charge in [-0.05, 0) is 45.0 Å². The molecule has 7 nitrogen and oxygen atoms in total. The van der Waals surface area contributed by atoms with Crippen LogP contribution >= 0.6 is 0 Å². The second-order valence-electron chi connectivity index (χ2n) is 5.32. The lowest BCUT2D eigenvalue weighted by Gasteiger charge is -2.23. The zero-order valence-electron chi connectivity index (χ0n) is 14.0. The summed E-state index contributed by atoms with van der Waals surface area (Å²) >= 11 is 0. The van der Waals surface area contributed by atoms with E-state index in [1.54, 1.807) is 24.3 Å². The molecule has 1 aromatic carbocycles. The summed E-state index contributed by atoms with van der Waals surface area (Å²) in [7, 11) is -3.44. The number of sulfonamides is 1. The SMILES string of the molecule is CCOc1ccc(N(CCNC(=O)NC(C)C)S(C)(=O)=O)cc1. The molecule has 0 aliphatic carbocycles. The fraction of sp³-hybridized carbons (Fsp3) is 0.533. The van der Waals surface area contributed by atoms with Gasteiger partial charge in [0.2, 0.25) is 10.0 Å². The summed E-state index contributed by atoms with van der Waals surface area (Å²) in [5, 5.41) is 5.32. The molecule has 0 fully saturated rings. The van der Waals surface area contributed by atoms with E-state index in [0.717, 1.165) is 6.26 Å². The van der Waals surface area contributed by atoms with Crippen molar-refractivity contribution in [3.63, 3.8) is 0 Å². The molecule has 0 radical (unpaired) electrons. The Hall–Kier alpha value is -1.96. The predicted molar refractivity (Wildman–Crippen MR) is 91.5 cm³/mol. The molecule has 1 rings (SSSR count). The number of ether oxygens (including phenoxy) is 1. The van der Waals surface area contributed by atoms with Gasteiger partial charge in [0.15, 0.2) is 0 Å². The van der Waals surface area contributed by atoms with Crippen molar-refractivity contribution in [3.05, 3.63) is 24.3 Å². The number of urea groups is 1. The van der Waals surface area contributed by atoms with Crippen molar-refractivity contribution < 1.29 is 17.9 Å². The second kappa shape index (κ2) is 8.61. The summed E-state index contributed by atoms with van der Waals surface area (Å²) in [6, 6.07) is 6.50. The number of hydrogen-bond donors (Lipinski definition) is 2. The van der Waals surface area contributed by atoms with Crippen LogP contribution in [0.4, 0.5) is 10.5 Å². The number of nitrogens with zero attached hydrogens (tertiary/aromatic N) is 1. The molecule has 0 atom stereocenters. The van der Waals surface area contributed by atoms with Crippen molar-refractivity contribution in [1.29, 1.82) is 0 Å². The van der Waals surface area contributed by atoms with Gasteiger partial charge >= 0.3 is 6.03 Å². The van der Waals surface area contributed by atoms with Crippen molar-refractivity contribution >= 4 is 21.7 Å². The Balaban J connectivity index is 2.72. The first-order valence-corrected chi connectivity index (χ1v) is 9.33. The topological polar surface area (TPSA) is 87.7 Å². The van der Waals surface area contributed by atoms with Crippen LogP contribution in [0.25, 0.3) is 0 Å². The van der Waals surface area contributed by atoms with Crippen molar-refractivity contribution in [3.8, 4) is 5.75 Å². The quantitative estimate of drug-likeness (QED) is 0.750. The molecule has 0 heterocycles. The van der Waals surface area contributed by atoms with Gasteiger partial charge < -0.3 is 15.4 Å². The third-order valence-electron chi connectivity index (χ3n) is 2.86. The number of rotatable bonds is 8. The molecular weight excluding hydrogens is 318 g/mol. The van der Waals surface area contributed by atoms with Crippen molar-refractivity contribution in [2.24, 2.45) is 0 Å². The average molecular weight is 343 g/mol. The number of anilines is 1. The molecule has 23 heavy (non-hydrogen) atoms. The highest BCUT2D eigenvalue weighted by molar-refractivity contribution is 7.92. The van der Waals surface area contributed by atoms with Crippen LogP contribution in [0, 0.1) is 0 Å². The van der Waals surface area contributed by atoms with Gasteiger partial charge in [0.25, 0.3) is 0 Å². The molecule has 0 saturated heterocycles. The van der Waals surface area contributed by atoms with E-state index in [2.05, 4.69) is 10.6 Å². The first-order valence-electron chi connectivity index (χ1n) is 7.49. The molecule has 2 amide bonds. The number of nitrogens with one attached hydrogen (secondary N) is 2. The minimum absolute atomic E-state index is 0.0205. The fourth-order valence-corrected chi connectivity index (χ4v) is 2.87. The molecule has 0 unspecified atom stereocenters. The monoisotopic (exact) mass is 343 g/mol. The van der Waals surface area contributed by atoms with Gasteiger partial charge in [-0.25, -0.2) is 13.2 Å². The maximum atomic E-state index is 12.0. The second-order valence-corrected chi connectivity index (χ2v) is 7.22. The van der Waals surface area contributed by atoms with E-state index in [1.807, 2.05) is 20.8 Å². The molecular formula is C15H25N3O4S. The zero-order valence-corrected chi connectivity index (χ0v) is 14.8. The maximum Gasteiger partial charge on any atom is 0.315 e. The Kier molecular flexibility index (Phi) is 7.15. The highest BCUT2D eigenvalue weighted by Crippen LogP contribution is 2.21. The van der Waals surface area contributed by atoms with Gasteiger partial charge in [-0.1, -0.05) is 0 Å². The number of amides is 2. The summed E-state index contributed by atoms with van der Waals surface area (Å²) in [6.45, 7) is 6.48. The molecule has 8 heteroatoms. The molecule has 0 saturated carbocycles. The van der Waals surface area contributed by atoms with Gasteiger partial charge in [0, 0.05) is 12.6 Å². The summed E-state index contributed by atoms with van der Waals surface area (Å²) in [4.78, 5) is 11.5. The standard InChI is InChI=1S/C15H25N3O4S/c1-5-22-14-8-6-13(7-9-14)18(23(4,20)21)11-10-16-15(19)17-12(2)3/h6-9,12H,5,10-11H2,1-4H3,(H2,16,17,19). The zero-order chi connectivity index (χ0) is 17.5. The van der Waals surface area contributed by atoms with Crippen LogP contribution in [-0.4, -0.2) is 46.4 Å². The van der Waals surface area contributed by atoms with Crippen molar-refractivity contribution in [2.75, 3.05) is 30.3 Å². The molecule has 0 aliphatic heterocycles. The van der Waals surface area contributed by atoms with Gasteiger partial charge in [0.05, 0.1) is 25.1 Å². The number of carbonyl (C=O) groups excluding carboxylic acids is 1. The van der Waals surface area contributed by atoms with Crippen LogP contribution in [0.5, 0.6) is 5.75 Å². The van der Waals surface area contributed by atoms with E-state index in [-0.39, 0.29) is 25.2 Å². The van der Waals surface area contributed by atoms with E-state index in [9.17, 15) is 13.2 Å². The first-order chi connectivity index (χ1) is 10.7. The highest BCUT2D eigenvalue weighted by Gasteiger charge is 2.17. The number of benzene rings is 1. The summed E-state index contributed by atoms with van der Waals surface area (Å²) in [5.74, 6) is 0.680. The molecule has 0 bridgehead atoms. The summed E-state index contributed by atoms with van der Waals surface area (Å²) in [6.07, 6.45) is 1.14. The predicted octanol–water partition coefficient (Wildman–Crippen LogP) is 1.56. The minimum Gasteiger partial charge on any atom is -0.494 e. The summed E-state index contributed by atoms with van der Waals surface area (Å²) < 4.78 is 30.5. The largest absolute Gasteiger partial charge is 0.494 e. The third kappa shape index (κ3) is 6.77.